The third-order valence-corrected chi connectivity index (χ3v) is 5.26. The summed E-state index contributed by atoms with van der Waals surface area (Å²) in [6.45, 7) is 3.89. The van der Waals surface area contributed by atoms with Crippen molar-refractivity contribution >= 4 is 35.0 Å². The molecule has 0 fully saturated rings. The number of rotatable bonds is 6. The maximum atomic E-state index is 12.4. The van der Waals surface area contributed by atoms with Crippen LogP contribution in [0, 0.1) is 6.92 Å². The van der Waals surface area contributed by atoms with E-state index in [1.807, 2.05) is 37.3 Å². The van der Waals surface area contributed by atoms with Gasteiger partial charge >= 0.3 is 0 Å². The number of thioether (sulfide) groups is 1. The van der Waals surface area contributed by atoms with Crippen LogP contribution in [0.4, 0.5) is 0 Å². The molecule has 1 aromatic heterocycles. The Hall–Kier alpha value is -2.71. The van der Waals surface area contributed by atoms with Crippen molar-refractivity contribution in [1.29, 1.82) is 0 Å². The van der Waals surface area contributed by atoms with Gasteiger partial charge < -0.3 is 0 Å². The number of carbonyl (C=O) groups excluding carboxylic acids is 1. The molecule has 0 aliphatic carbocycles. The van der Waals surface area contributed by atoms with Crippen LogP contribution in [0.15, 0.2) is 59.8 Å². The average molecular weight is 412 g/mol. The summed E-state index contributed by atoms with van der Waals surface area (Å²) < 4.78 is 1.68. The molecule has 0 atom stereocenters. The molecule has 0 unspecified atom stereocenters. The molecular weight excluding hydrogens is 390 g/mol. The van der Waals surface area contributed by atoms with Gasteiger partial charge in [0.2, 0.25) is 5.16 Å². The summed E-state index contributed by atoms with van der Waals surface area (Å²) >= 11 is 6.83. The van der Waals surface area contributed by atoms with Crippen molar-refractivity contribution in [3.63, 3.8) is 0 Å². The predicted octanol–water partition coefficient (Wildman–Crippen LogP) is 3.70. The summed E-state index contributed by atoms with van der Waals surface area (Å²) in [5.41, 5.74) is 5.91. The van der Waals surface area contributed by atoms with Gasteiger partial charge in [-0.2, -0.15) is 0 Å². The fraction of sp³-hybridized carbons (Fsp3) is 0.200. The monoisotopic (exact) mass is 411 g/mol. The van der Waals surface area contributed by atoms with Crippen molar-refractivity contribution in [2.24, 2.45) is 0 Å². The summed E-state index contributed by atoms with van der Waals surface area (Å²) in [6, 6.07) is 17.6. The normalized spacial score (nSPS) is 10.5. The lowest BCUT2D eigenvalue weighted by Crippen LogP contribution is -2.38. The quantitative estimate of drug-likeness (QED) is 0.476. The van der Waals surface area contributed by atoms with Gasteiger partial charge in [0, 0.05) is 11.3 Å². The number of benzene rings is 2. The van der Waals surface area contributed by atoms with Gasteiger partial charge in [-0.05, 0) is 48.8 Å². The van der Waals surface area contributed by atoms with E-state index in [4.69, 9.17) is 12.2 Å². The largest absolute Gasteiger partial charge is 0.298 e. The van der Waals surface area contributed by atoms with E-state index in [-0.39, 0.29) is 11.0 Å². The lowest BCUT2D eigenvalue weighted by molar-refractivity contribution is 0.0977. The van der Waals surface area contributed by atoms with Crippen molar-refractivity contribution < 1.29 is 4.79 Å². The van der Waals surface area contributed by atoms with Gasteiger partial charge in [0.15, 0.2) is 5.11 Å². The van der Waals surface area contributed by atoms with Crippen molar-refractivity contribution in [2.45, 2.75) is 31.2 Å². The Morgan fingerprint density at radius 2 is 1.79 bits per heavy atom. The van der Waals surface area contributed by atoms with Crippen LogP contribution in [0.25, 0.3) is 0 Å². The van der Waals surface area contributed by atoms with Crippen LogP contribution in [0.5, 0.6) is 0 Å². The summed E-state index contributed by atoms with van der Waals surface area (Å²) in [5, 5.41) is 11.8. The summed E-state index contributed by atoms with van der Waals surface area (Å²) in [4.78, 5) is 12.4. The van der Waals surface area contributed by atoms with Gasteiger partial charge in [-0.1, -0.05) is 61.2 Å². The van der Waals surface area contributed by atoms with Gasteiger partial charge in [-0.25, -0.2) is 4.68 Å². The second-order valence-electron chi connectivity index (χ2n) is 6.09. The average Bonchev–Trinajstić information content (AvgIpc) is 3.06. The molecule has 1 amide bonds. The second kappa shape index (κ2) is 9.48. The third kappa shape index (κ3) is 5.17. The summed E-state index contributed by atoms with van der Waals surface area (Å²) in [5.74, 6) is 1.15. The first kappa shape index (κ1) is 20.0. The molecule has 2 N–H and O–H groups in total. The highest BCUT2D eigenvalue weighted by molar-refractivity contribution is 7.98. The molecule has 0 saturated carbocycles. The molecule has 144 valence electrons. The molecule has 0 aliphatic rings. The van der Waals surface area contributed by atoms with Gasteiger partial charge in [-0.15, -0.1) is 10.2 Å². The maximum Gasteiger partial charge on any atom is 0.257 e. The van der Waals surface area contributed by atoms with E-state index >= 15 is 0 Å². The molecule has 0 radical (unpaired) electrons. The lowest BCUT2D eigenvalue weighted by Gasteiger charge is -2.13. The van der Waals surface area contributed by atoms with E-state index in [2.05, 4.69) is 40.0 Å². The molecule has 0 bridgehead atoms. The lowest BCUT2D eigenvalue weighted by atomic mass is 10.1. The second-order valence-corrected chi connectivity index (χ2v) is 7.44. The van der Waals surface area contributed by atoms with E-state index in [1.54, 1.807) is 16.8 Å². The number of nitrogens with zero attached hydrogens (tertiary/aromatic N) is 3. The highest BCUT2D eigenvalue weighted by Gasteiger charge is 2.13. The Bertz CT molecular complexity index is 954. The topological polar surface area (TPSA) is 71.8 Å². The highest BCUT2D eigenvalue weighted by atomic mass is 32.2. The molecule has 3 rings (SSSR count). The first-order valence-corrected chi connectivity index (χ1v) is 10.3. The van der Waals surface area contributed by atoms with Crippen LogP contribution in [-0.4, -0.2) is 25.9 Å². The van der Waals surface area contributed by atoms with E-state index in [9.17, 15) is 4.79 Å². The Labute approximate surface area is 173 Å². The highest BCUT2D eigenvalue weighted by Crippen LogP contribution is 2.20. The van der Waals surface area contributed by atoms with Crippen LogP contribution in [0.3, 0.4) is 0 Å². The molecule has 3 aromatic rings. The number of amides is 1. The predicted molar refractivity (Wildman–Crippen MR) is 116 cm³/mol. The first-order valence-electron chi connectivity index (χ1n) is 8.87. The molecule has 28 heavy (non-hydrogen) atoms. The standard InChI is InChI=1S/C20H21N5OS2/c1-3-15-9-11-17(12-10-15)18(26)21-19(27)24-25-14(2)22-23-20(25)28-13-16-7-5-4-6-8-16/h4-12H,3,13H2,1-2H3,(H2,21,24,26,27). The van der Waals surface area contributed by atoms with Crippen LogP contribution >= 0.6 is 24.0 Å². The molecule has 1 heterocycles. The van der Waals surface area contributed by atoms with Gasteiger partial charge in [0.1, 0.15) is 5.82 Å². The molecule has 8 heteroatoms. The molecule has 0 spiro atoms. The van der Waals surface area contributed by atoms with Crippen molar-refractivity contribution in [2.75, 3.05) is 5.43 Å². The number of aromatic nitrogens is 3. The van der Waals surface area contributed by atoms with Crippen LogP contribution in [-0.2, 0) is 12.2 Å². The van der Waals surface area contributed by atoms with Crippen LogP contribution in [0.2, 0.25) is 0 Å². The Morgan fingerprint density at radius 3 is 2.46 bits per heavy atom. The van der Waals surface area contributed by atoms with E-state index in [0.717, 1.165) is 12.2 Å². The maximum absolute atomic E-state index is 12.4. The number of aryl methyl sites for hydroxylation is 2. The summed E-state index contributed by atoms with van der Waals surface area (Å²) in [7, 11) is 0. The minimum Gasteiger partial charge on any atom is -0.298 e. The van der Waals surface area contributed by atoms with E-state index in [1.165, 1.54) is 22.9 Å². The van der Waals surface area contributed by atoms with E-state index < -0.39 is 0 Å². The zero-order valence-electron chi connectivity index (χ0n) is 15.7. The van der Waals surface area contributed by atoms with Crippen molar-refractivity contribution in [3.8, 4) is 0 Å². The van der Waals surface area contributed by atoms with Crippen molar-refractivity contribution in [3.05, 3.63) is 77.1 Å². The van der Waals surface area contributed by atoms with Gasteiger partial charge in [0.05, 0.1) is 0 Å². The number of hydrogen-bond donors (Lipinski definition) is 2. The number of thiocarbonyl (C=S) groups is 1. The third-order valence-electron chi connectivity index (χ3n) is 4.07. The molecule has 6 nitrogen and oxygen atoms in total. The molecular formula is C20H21N5OS2. The minimum absolute atomic E-state index is 0.189. The van der Waals surface area contributed by atoms with Crippen molar-refractivity contribution in [1.82, 2.24) is 20.2 Å². The number of hydrogen-bond acceptors (Lipinski definition) is 5. The van der Waals surface area contributed by atoms with Gasteiger partial charge in [-0.3, -0.25) is 15.5 Å². The zero-order valence-corrected chi connectivity index (χ0v) is 17.3. The Balaban J connectivity index is 1.61. The van der Waals surface area contributed by atoms with Crippen LogP contribution in [0.1, 0.15) is 34.2 Å². The molecule has 0 saturated heterocycles. The fourth-order valence-electron chi connectivity index (χ4n) is 2.48. The smallest absolute Gasteiger partial charge is 0.257 e. The van der Waals surface area contributed by atoms with E-state index in [0.29, 0.717) is 16.5 Å². The minimum atomic E-state index is -0.260. The fourth-order valence-corrected chi connectivity index (χ4v) is 3.56. The van der Waals surface area contributed by atoms with Gasteiger partial charge in [0.25, 0.3) is 5.91 Å². The Morgan fingerprint density at radius 1 is 1.07 bits per heavy atom. The first-order chi connectivity index (χ1) is 13.6. The number of nitrogens with one attached hydrogen (secondary N) is 2. The SMILES string of the molecule is CCc1ccc(C(=O)NC(=S)Nn2c(C)nnc2SCc2ccccc2)cc1. The zero-order chi connectivity index (χ0) is 19.9. The number of carbonyl (C=O) groups is 1. The summed E-state index contributed by atoms with van der Waals surface area (Å²) in [6.07, 6.45) is 0.929. The van der Waals surface area contributed by atoms with Crippen LogP contribution < -0.4 is 10.7 Å². The molecule has 2 aromatic carbocycles. The molecule has 0 aliphatic heterocycles. The Kier molecular flexibility index (Phi) is 6.78.